The van der Waals surface area contributed by atoms with Crippen LogP contribution in [0.25, 0.3) is 11.1 Å². The molecular formula is C19H20N2O3. The van der Waals surface area contributed by atoms with Gasteiger partial charge in [-0.2, -0.15) is 0 Å². The fourth-order valence-corrected chi connectivity index (χ4v) is 2.89. The number of amides is 1. The lowest BCUT2D eigenvalue weighted by Gasteiger charge is -2.24. The van der Waals surface area contributed by atoms with Crippen molar-refractivity contribution in [3.05, 3.63) is 54.4 Å². The molecule has 1 aromatic carbocycles. The molecule has 24 heavy (non-hydrogen) atoms. The molecule has 0 atom stereocenters. The van der Waals surface area contributed by atoms with Crippen LogP contribution in [-0.2, 0) is 16.1 Å². The maximum absolute atomic E-state index is 12.6. The van der Waals surface area contributed by atoms with Crippen LogP contribution in [-0.4, -0.2) is 33.4 Å². The Bertz CT molecular complexity index is 754. The number of hydrogen-bond acceptors (Lipinski definition) is 3. The van der Waals surface area contributed by atoms with Gasteiger partial charge in [-0.3, -0.25) is 14.6 Å². The number of benzene rings is 1. The van der Waals surface area contributed by atoms with Crippen LogP contribution in [0.15, 0.2) is 48.8 Å². The molecule has 5 nitrogen and oxygen atoms in total. The van der Waals surface area contributed by atoms with Crippen molar-refractivity contribution < 1.29 is 14.7 Å². The van der Waals surface area contributed by atoms with E-state index in [2.05, 4.69) is 4.98 Å². The first-order valence-corrected chi connectivity index (χ1v) is 8.09. The number of carboxylic acid groups (broad SMARTS) is 1. The Kier molecular flexibility index (Phi) is 4.34. The molecule has 1 aliphatic rings. The molecule has 1 saturated carbocycles. The molecule has 5 heteroatoms. The fourth-order valence-electron chi connectivity index (χ4n) is 2.89. The Balaban J connectivity index is 1.80. The average molecular weight is 324 g/mol. The first kappa shape index (κ1) is 16.2. The van der Waals surface area contributed by atoms with Crippen LogP contribution in [0.1, 0.15) is 25.3 Å². The summed E-state index contributed by atoms with van der Waals surface area (Å²) < 4.78 is 0. The van der Waals surface area contributed by atoms with Gasteiger partial charge in [-0.05, 0) is 54.7 Å². The Labute approximate surface area is 140 Å². The average Bonchev–Trinajstić information content (AvgIpc) is 3.42. The maximum Gasteiger partial charge on any atom is 0.319 e. The number of carboxylic acids is 1. The second-order valence-corrected chi connectivity index (χ2v) is 6.14. The highest BCUT2D eigenvalue weighted by Crippen LogP contribution is 2.47. The van der Waals surface area contributed by atoms with E-state index >= 15 is 0 Å². The number of rotatable bonds is 6. The summed E-state index contributed by atoms with van der Waals surface area (Å²) in [4.78, 5) is 29.6. The highest BCUT2D eigenvalue weighted by molar-refractivity contribution is 6.04. The Hall–Kier alpha value is -2.69. The third-order valence-electron chi connectivity index (χ3n) is 4.55. The molecular weight excluding hydrogens is 304 g/mol. The summed E-state index contributed by atoms with van der Waals surface area (Å²) in [5.74, 6) is -1.27. The number of pyridine rings is 1. The first-order chi connectivity index (χ1) is 11.6. The van der Waals surface area contributed by atoms with Crippen molar-refractivity contribution in [2.75, 3.05) is 6.54 Å². The van der Waals surface area contributed by atoms with E-state index in [0.29, 0.717) is 25.9 Å². The lowest BCUT2D eigenvalue weighted by molar-refractivity contribution is -0.153. The summed E-state index contributed by atoms with van der Waals surface area (Å²) in [7, 11) is 0. The van der Waals surface area contributed by atoms with E-state index in [9.17, 15) is 14.7 Å². The third kappa shape index (κ3) is 3.02. The standard InChI is InChI=1S/C19H20N2O3/c1-2-21(17(22)19(8-9-19)18(23)24)13-14-4-3-5-16(12-14)15-6-10-20-11-7-15/h3-7,10-12H,2,8-9,13H2,1H3,(H,23,24). The smallest absolute Gasteiger partial charge is 0.319 e. The molecule has 1 aliphatic carbocycles. The number of carbonyl (C=O) groups is 2. The van der Waals surface area contributed by atoms with Crippen LogP contribution in [0, 0.1) is 5.41 Å². The predicted octanol–water partition coefficient (Wildman–Crippen LogP) is 2.96. The molecule has 124 valence electrons. The minimum Gasteiger partial charge on any atom is -0.480 e. The summed E-state index contributed by atoms with van der Waals surface area (Å²) in [5.41, 5.74) is 1.92. The first-order valence-electron chi connectivity index (χ1n) is 8.09. The predicted molar refractivity (Wildman–Crippen MR) is 90.1 cm³/mol. The topological polar surface area (TPSA) is 70.5 Å². The van der Waals surface area contributed by atoms with Gasteiger partial charge in [0.25, 0.3) is 0 Å². The van der Waals surface area contributed by atoms with Gasteiger partial charge in [0.15, 0.2) is 0 Å². The Morgan fingerprint density at radius 3 is 2.46 bits per heavy atom. The van der Waals surface area contributed by atoms with Gasteiger partial charge < -0.3 is 10.0 Å². The van der Waals surface area contributed by atoms with Gasteiger partial charge in [-0.1, -0.05) is 18.2 Å². The van der Waals surface area contributed by atoms with Crippen molar-refractivity contribution in [2.24, 2.45) is 5.41 Å². The summed E-state index contributed by atoms with van der Waals surface area (Å²) in [6.45, 7) is 2.79. The van der Waals surface area contributed by atoms with Gasteiger partial charge >= 0.3 is 5.97 Å². The maximum atomic E-state index is 12.6. The number of hydrogen-bond donors (Lipinski definition) is 1. The third-order valence-corrected chi connectivity index (χ3v) is 4.55. The van der Waals surface area contributed by atoms with E-state index < -0.39 is 11.4 Å². The van der Waals surface area contributed by atoms with Gasteiger partial charge in [0.2, 0.25) is 5.91 Å². The van der Waals surface area contributed by atoms with E-state index in [1.807, 2.05) is 43.3 Å². The molecule has 0 saturated heterocycles. The molecule has 2 aromatic rings. The van der Waals surface area contributed by atoms with Crippen molar-refractivity contribution in [2.45, 2.75) is 26.3 Å². The largest absolute Gasteiger partial charge is 0.480 e. The zero-order valence-electron chi connectivity index (χ0n) is 13.6. The molecule has 0 aliphatic heterocycles. The van der Waals surface area contributed by atoms with Crippen LogP contribution in [0.5, 0.6) is 0 Å². The minimum absolute atomic E-state index is 0.271. The van der Waals surface area contributed by atoms with Crippen LogP contribution in [0.2, 0.25) is 0 Å². The molecule has 1 heterocycles. The molecule has 1 fully saturated rings. The van der Waals surface area contributed by atoms with Gasteiger partial charge in [-0.25, -0.2) is 0 Å². The molecule has 0 spiro atoms. The second kappa shape index (κ2) is 6.43. The van der Waals surface area contributed by atoms with Gasteiger partial charge in [0.1, 0.15) is 5.41 Å². The van der Waals surface area contributed by atoms with E-state index in [0.717, 1.165) is 16.7 Å². The quantitative estimate of drug-likeness (QED) is 0.829. The Morgan fingerprint density at radius 1 is 1.17 bits per heavy atom. The lowest BCUT2D eigenvalue weighted by atomic mass is 10.0. The van der Waals surface area contributed by atoms with Crippen LogP contribution < -0.4 is 0 Å². The SMILES string of the molecule is CCN(Cc1cccc(-c2ccncc2)c1)C(=O)C1(C(=O)O)CC1. The van der Waals surface area contributed by atoms with Crippen molar-refractivity contribution in [1.82, 2.24) is 9.88 Å². The lowest BCUT2D eigenvalue weighted by Crippen LogP contribution is -2.40. The number of aromatic nitrogens is 1. The van der Waals surface area contributed by atoms with E-state index in [1.54, 1.807) is 17.3 Å². The monoisotopic (exact) mass is 324 g/mol. The molecule has 0 bridgehead atoms. The van der Waals surface area contributed by atoms with Gasteiger partial charge in [-0.15, -0.1) is 0 Å². The van der Waals surface area contributed by atoms with Crippen molar-refractivity contribution >= 4 is 11.9 Å². The highest BCUT2D eigenvalue weighted by Gasteiger charge is 2.58. The summed E-state index contributed by atoms with van der Waals surface area (Å²) in [6, 6.07) is 11.8. The van der Waals surface area contributed by atoms with Gasteiger partial charge in [0, 0.05) is 25.5 Å². The summed E-state index contributed by atoms with van der Waals surface area (Å²) >= 11 is 0. The van der Waals surface area contributed by atoms with E-state index in [4.69, 9.17) is 0 Å². The molecule has 1 aromatic heterocycles. The number of aliphatic carboxylic acids is 1. The van der Waals surface area contributed by atoms with Crippen LogP contribution in [0.4, 0.5) is 0 Å². The van der Waals surface area contributed by atoms with Crippen LogP contribution >= 0.6 is 0 Å². The van der Waals surface area contributed by atoms with Crippen molar-refractivity contribution in [1.29, 1.82) is 0 Å². The van der Waals surface area contributed by atoms with Crippen LogP contribution in [0.3, 0.4) is 0 Å². The normalized spacial score (nSPS) is 14.9. The minimum atomic E-state index is -1.18. The zero-order valence-corrected chi connectivity index (χ0v) is 13.6. The van der Waals surface area contributed by atoms with Crippen molar-refractivity contribution in [3.8, 4) is 11.1 Å². The van der Waals surface area contributed by atoms with Crippen molar-refractivity contribution in [3.63, 3.8) is 0 Å². The Morgan fingerprint density at radius 2 is 1.88 bits per heavy atom. The fraction of sp³-hybridized carbons (Fsp3) is 0.316. The molecule has 1 amide bonds. The van der Waals surface area contributed by atoms with E-state index in [1.165, 1.54) is 0 Å². The van der Waals surface area contributed by atoms with Gasteiger partial charge in [0.05, 0.1) is 0 Å². The molecule has 0 radical (unpaired) electrons. The second-order valence-electron chi connectivity index (χ2n) is 6.14. The summed E-state index contributed by atoms with van der Waals surface area (Å²) in [5, 5.41) is 9.32. The zero-order chi connectivity index (χ0) is 17.2. The molecule has 0 unspecified atom stereocenters. The molecule has 3 rings (SSSR count). The van der Waals surface area contributed by atoms with E-state index in [-0.39, 0.29) is 5.91 Å². The summed E-state index contributed by atoms with van der Waals surface area (Å²) in [6.07, 6.45) is 4.37. The number of nitrogens with zero attached hydrogens (tertiary/aromatic N) is 2. The highest BCUT2D eigenvalue weighted by atomic mass is 16.4. The molecule has 1 N–H and O–H groups in total. The number of carbonyl (C=O) groups excluding carboxylic acids is 1.